The molecule has 0 saturated heterocycles. The Balaban J connectivity index is 2.21. The summed E-state index contributed by atoms with van der Waals surface area (Å²) in [6.07, 6.45) is 0. The average Bonchev–Trinajstić information content (AvgIpc) is 2.84. The number of rotatable bonds is 1. The molecule has 1 aliphatic heterocycles. The van der Waals surface area contributed by atoms with E-state index in [2.05, 4.69) is 39.3 Å². The molecular weight excluding hydrogens is 266 g/mol. The Hall–Kier alpha value is -1.13. The number of hydrogen-bond acceptors (Lipinski definition) is 2. The summed E-state index contributed by atoms with van der Waals surface area (Å²) in [5.41, 5.74) is 4.85. The lowest BCUT2D eigenvalue weighted by Crippen LogP contribution is -2.08. The molecule has 0 fully saturated rings. The molecule has 16 heavy (non-hydrogen) atoms. The molecule has 82 valence electrons. The van der Waals surface area contributed by atoms with Gasteiger partial charge in [0.2, 0.25) is 0 Å². The van der Waals surface area contributed by atoms with Gasteiger partial charge >= 0.3 is 0 Å². The number of halogens is 1. The fourth-order valence-corrected chi connectivity index (χ4v) is 2.60. The van der Waals surface area contributed by atoms with E-state index in [1.54, 1.807) is 0 Å². The molecule has 0 aliphatic carbocycles. The highest BCUT2D eigenvalue weighted by Gasteiger charge is 2.21. The lowest BCUT2D eigenvalue weighted by molar-refractivity contribution is 0.704. The van der Waals surface area contributed by atoms with Crippen LogP contribution in [0.4, 0.5) is 0 Å². The van der Waals surface area contributed by atoms with Gasteiger partial charge in [-0.1, -0.05) is 12.1 Å². The van der Waals surface area contributed by atoms with Crippen molar-refractivity contribution in [2.45, 2.75) is 20.0 Å². The standard InChI is InChI=1S/C12H12BrN3/c1-8-9-6-14-7-12(9)16(15-8)11-5-3-2-4-10(11)13/h2-5,14H,6-7H2,1H3. The van der Waals surface area contributed by atoms with Crippen LogP contribution < -0.4 is 5.32 Å². The monoisotopic (exact) mass is 277 g/mol. The van der Waals surface area contributed by atoms with Gasteiger partial charge in [0, 0.05) is 23.1 Å². The largest absolute Gasteiger partial charge is 0.307 e. The summed E-state index contributed by atoms with van der Waals surface area (Å²) in [7, 11) is 0. The second kappa shape index (κ2) is 3.71. The number of para-hydroxylation sites is 1. The number of benzene rings is 1. The molecule has 3 nitrogen and oxygen atoms in total. The molecular formula is C12H12BrN3. The van der Waals surface area contributed by atoms with Crippen LogP contribution in [0.25, 0.3) is 5.69 Å². The Labute approximate surface area is 103 Å². The van der Waals surface area contributed by atoms with Gasteiger partial charge in [0.05, 0.1) is 17.1 Å². The van der Waals surface area contributed by atoms with Crippen LogP contribution >= 0.6 is 15.9 Å². The van der Waals surface area contributed by atoms with Gasteiger partial charge in [0.25, 0.3) is 0 Å². The Kier molecular flexibility index (Phi) is 2.33. The summed E-state index contributed by atoms with van der Waals surface area (Å²) in [5, 5.41) is 7.97. The molecule has 2 aromatic rings. The van der Waals surface area contributed by atoms with Crippen LogP contribution in [0.15, 0.2) is 28.7 Å². The second-order valence-corrected chi connectivity index (χ2v) is 4.83. The van der Waals surface area contributed by atoms with E-state index in [-0.39, 0.29) is 0 Å². The predicted octanol–water partition coefficient (Wildman–Crippen LogP) is 2.55. The normalized spacial score (nSPS) is 14.1. The number of aryl methyl sites for hydroxylation is 1. The number of hydrogen-bond donors (Lipinski definition) is 1. The summed E-state index contributed by atoms with van der Waals surface area (Å²) in [4.78, 5) is 0. The van der Waals surface area contributed by atoms with E-state index in [1.807, 2.05) is 22.9 Å². The summed E-state index contributed by atoms with van der Waals surface area (Å²) in [6, 6.07) is 8.17. The molecule has 1 N–H and O–H groups in total. The minimum absolute atomic E-state index is 0.900. The summed E-state index contributed by atoms with van der Waals surface area (Å²) in [6.45, 7) is 3.91. The van der Waals surface area contributed by atoms with E-state index in [9.17, 15) is 0 Å². The van der Waals surface area contributed by atoms with Crippen molar-refractivity contribution in [1.82, 2.24) is 15.1 Å². The zero-order valence-corrected chi connectivity index (χ0v) is 10.6. The number of nitrogens with zero attached hydrogens (tertiary/aromatic N) is 2. The molecule has 0 saturated carbocycles. The lowest BCUT2D eigenvalue weighted by Gasteiger charge is -2.07. The summed E-state index contributed by atoms with van der Waals surface area (Å²) < 4.78 is 3.11. The van der Waals surface area contributed by atoms with Gasteiger partial charge in [-0.2, -0.15) is 5.10 Å². The van der Waals surface area contributed by atoms with Crippen LogP contribution in [0, 0.1) is 6.92 Å². The van der Waals surface area contributed by atoms with Gasteiger partial charge in [-0.15, -0.1) is 0 Å². The maximum absolute atomic E-state index is 4.61. The minimum Gasteiger partial charge on any atom is -0.307 e. The molecule has 0 spiro atoms. The second-order valence-electron chi connectivity index (χ2n) is 3.98. The first kappa shape index (κ1) is 10.1. The maximum atomic E-state index is 4.61. The third-order valence-corrected chi connectivity index (χ3v) is 3.64. The van der Waals surface area contributed by atoms with Gasteiger partial charge in [-0.3, -0.25) is 0 Å². The molecule has 0 bridgehead atoms. The van der Waals surface area contributed by atoms with Crippen molar-refractivity contribution in [3.63, 3.8) is 0 Å². The quantitative estimate of drug-likeness (QED) is 0.868. The molecule has 0 amide bonds. The van der Waals surface area contributed by atoms with Gasteiger partial charge < -0.3 is 5.32 Å². The van der Waals surface area contributed by atoms with E-state index in [1.165, 1.54) is 11.3 Å². The van der Waals surface area contributed by atoms with Crippen molar-refractivity contribution >= 4 is 15.9 Å². The molecule has 3 rings (SSSR count). The first-order valence-electron chi connectivity index (χ1n) is 5.30. The van der Waals surface area contributed by atoms with E-state index in [0.29, 0.717) is 0 Å². The SMILES string of the molecule is Cc1nn(-c2ccccc2Br)c2c1CNC2. The number of aromatic nitrogens is 2. The van der Waals surface area contributed by atoms with E-state index < -0.39 is 0 Å². The van der Waals surface area contributed by atoms with Crippen molar-refractivity contribution in [2.75, 3.05) is 0 Å². The molecule has 4 heteroatoms. The highest BCUT2D eigenvalue weighted by Crippen LogP contribution is 2.26. The highest BCUT2D eigenvalue weighted by atomic mass is 79.9. The van der Waals surface area contributed by atoms with Crippen molar-refractivity contribution < 1.29 is 0 Å². The van der Waals surface area contributed by atoms with Gasteiger partial charge in [-0.25, -0.2) is 4.68 Å². The smallest absolute Gasteiger partial charge is 0.0791 e. The molecule has 0 unspecified atom stereocenters. The van der Waals surface area contributed by atoms with Crippen molar-refractivity contribution in [3.05, 3.63) is 45.7 Å². The van der Waals surface area contributed by atoms with Crippen LogP contribution in [0.3, 0.4) is 0 Å². The zero-order valence-electron chi connectivity index (χ0n) is 9.00. The highest BCUT2D eigenvalue weighted by molar-refractivity contribution is 9.10. The Morgan fingerprint density at radius 3 is 2.94 bits per heavy atom. The first-order chi connectivity index (χ1) is 7.77. The van der Waals surface area contributed by atoms with Crippen molar-refractivity contribution in [3.8, 4) is 5.69 Å². The van der Waals surface area contributed by atoms with Gasteiger partial charge in [0.15, 0.2) is 0 Å². The average molecular weight is 278 g/mol. The zero-order chi connectivity index (χ0) is 11.1. The van der Waals surface area contributed by atoms with E-state index in [4.69, 9.17) is 0 Å². The third kappa shape index (κ3) is 1.41. The fourth-order valence-electron chi connectivity index (χ4n) is 2.15. The number of fused-ring (bicyclic) bond motifs is 1. The lowest BCUT2D eigenvalue weighted by atomic mass is 10.2. The Bertz CT molecular complexity index is 545. The van der Waals surface area contributed by atoms with Crippen LogP contribution in [-0.4, -0.2) is 9.78 Å². The van der Waals surface area contributed by atoms with Crippen molar-refractivity contribution in [1.29, 1.82) is 0 Å². The fraction of sp³-hybridized carbons (Fsp3) is 0.250. The van der Waals surface area contributed by atoms with E-state index in [0.717, 1.165) is 28.9 Å². The maximum Gasteiger partial charge on any atom is 0.0791 e. The Morgan fingerprint density at radius 1 is 1.31 bits per heavy atom. The van der Waals surface area contributed by atoms with Crippen LogP contribution in [0.2, 0.25) is 0 Å². The van der Waals surface area contributed by atoms with E-state index >= 15 is 0 Å². The molecule has 1 aromatic heterocycles. The molecule has 1 aromatic carbocycles. The minimum atomic E-state index is 0.900. The third-order valence-electron chi connectivity index (χ3n) is 2.97. The summed E-state index contributed by atoms with van der Waals surface area (Å²) >= 11 is 3.57. The van der Waals surface area contributed by atoms with Crippen molar-refractivity contribution in [2.24, 2.45) is 0 Å². The molecule has 2 heterocycles. The van der Waals surface area contributed by atoms with Crippen LogP contribution in [0.5, 0.6) is 0 Å². The molecule has 1 aliphatic rings. The molecule has 0 radical (unpaired) electrons. The number of nitrogens with one attached hydrogen (secondary N) is 1. The van der Waals surface area contributed by atoms with Gasteiger partial charge in [-0.05, 0) is 35.0 Å². The van der Waals surface area contributed by atoms with Crippen LogP contribution in [-0.2, 0) is 13.1 Å². The topological polar surface area (TPSA) is 29.9 Å². The predicted molar refractivity (Wildman–Crippen MR) is 66.5 cm³/mol. The summed E-state index contributed by atoms with van der Waals surface area (Å²) in [5.74, 6) is 0. The van der Waals surface area contributed by atoms with Crippen LogP contribution in [0.1, 0.15) is 17.0 Å². The van der Waals surface area contributed by atoms with Gasteiger partial charge in [0.1, 0.15) is 0 Å². The first-order valence-corrected chi connectivity index (χ1v) is 6.09. The Morgan fingerprint density at radius 2 is 2.12 bits per heavy atom. The molecule has 0 atom stereocenters.